The summed E-state index contributed by atoms with van der Waals surface area (Å²) in [4.78, 5) is 35.7. The first kappa shape index (κ1) is 22.2. The molecule has 9 nitrogen and oxygen atoms in total. The summed E-state index contributed by atoms with van der Waals surface area (Å²) in [5.74, 6) is -1.63. The Hall–Kier alpha value is -4.11. The lowest BCUT2D eigenvalue weighted by Gasteiger charge is -2.09. The van der Waals surface area contributed by atoms with Gasteiger partial charge in [0.2, 0.25) is 0 Å². The first-order valence-electron chi connectivity index (χ1n) is 8.91. The number of carboxylic acid groups (broad SMARTS) is 1. The summed E-state index contributed by atoms with van der Waals surface area (Å²) in [6.45, 7) is 0. The van der Waals surface area contributed by atoms with Crippen molar-refractivity contribution in [3.05, 3.63) is 100 Å². The highest BCUT2D eigenvalue weighted by Crippen LogP contribution is 2.16. The van der Waals surface area contributed by atoms with Gasteiger partial charge in [0.25, 0.3) is 11.6 Å². The van der Waals surface area contributed by atoms with Gasteiger partial charge in [0.1, 0.15) is 0 Å². The van der Waals surface area contributed by atoms with Gasteiger partial charge >= 0.3 is 0 Å². The second kappa shape index (κ2) is 11.0. The topological polar surface area (TPSA) is 153 Å². The number of benzene rings is 2. The molecule has 4 N–H and O–H groups in total. The fourth-order valence-corrected chi connectivity index (χ4v) is 2.48. The molecule has 154 valence electrons. The minimum absolute atomic E-state index is 0.0909. The molecule has 0 saturated heterocycles. The number of para-hydroxylation sites is 1. The number of pyridine rings is 1. The van der Waals surface area contributed by atoms with Crippen LogP contribution in [-0.4, -0.2) is 27.8 Å². The van der Waals surface area contributed by atoms with Gasteiger partial charge in [0.15, 0.2) is 6.04 Å². The Labute approximate surface area is 172 Å². The number of carbonyl (C=O) groups excluding carboxylic acids is 2. The average Bonchev–Trinajstić information content (AvgIpc) is 2.75. The third-order valence-electron chi connectivity index (χ3n) is 3.95. The summed E-state index contributed by atoms with van der Waals surface area (Å²) in [6.07, 6.45) is 3.92. The molecule has 0 spiro atoms. The van der Waals surface area contributed by atoms with E-state index in [2.05, 4.69) is 16.0 Å². The number of carboxylic acids is 1. The summed E-state index contributed by atoms with van der Waals surface area (Å²) in [6, 6.07) is 18.2. The lowest BCUT2D eigenvalue weighted by molar-refractivity contribution is -0.402. The molecule has 0 unspecified atom stereocenters. The highest BCUT2D eigenvalue weighted by atomic mass is 16.6. The number of nitro groups is 1. The summed E-state index contributed by atoms with van der Waals surface area (Å²) >= 11 is 0. The van der Waals surface area contributed by atoms with E-state index in [9.17, 15) is 24.8 Å². The Kier molecular flexibility index (Phi) is 8.15. The van der Waals surface area contributed by atoms with Crippen molar-refractivity contribution in [2.45, 2.75) is 12.5 Å². The van der Waals surface area contributed by atoms with Gasteiger partial charge < -0.3 is 21.0 Å². The fraction of sp³-hybridized carbons (Fsp3) is 0.0952. The Morgan fingerprint density at radius 1 is 1.03 bits per heavy atom. The second-order valence-electron chi connectivity index (χ2n) is 6.18. The summed E-state index contributed by atoms with van der Waals surface area (Å²) in [5, 5.41) is 23.3. The number of nitro benzene ring substituents is 1. The van der Waals surface area contributed by atoms with Crippen LogP contribution in [0.15, 0.2) is 79.1 Å². The van der Waals surface area contributed by atoms with Crippen LogP contribution in [0.1, 0.15) is 15.9 Å². The number of anilines is 1. The van der Waals surface area contributed by atoms with E-state index in [0.717, 1.165) is 17.7 Å². The van der Waals surface area contributed by atoms with Crippen molar-refractivity contribution in [1.29, 1.82) is 0 Å². The average molecular weight is 408 g/mol. The van der Waals surface area contributed by atoms with Gasteiger partial charge in [-0.05, 0) is 23.8 Å². The predicted molar refractivity (Wildman–Crippen MR) is 107 cm³/mol. The zero-order valence-corrected chi connectivity index (χ0v) is 15.9. The number of amides is 1. The van der Waals surface area contributed by atoms with E-state index in [1.165, 1.54) is 12.1 Å². The monoisotopic (exact) mass is 408 g/mol. The maximum absolute atomic E-state index is 11.9. The first-order chi connectivity index (χ1) is 14.4. The Morgan fingerprint density at radius 3 is 2.27 bits per heavy atom. The van der Waals surface area contributed by atoms with Crippen LogP contribution in [0.3, 0.4) is 0 Å². The maximum Gasteiger partial charge on any atom is 0.282 e. The van der Waals surface area contributed by atoms with Gasteiger partial charge in [0, 0.05) is 18.7 Å². The number of nitrogens with zero attached hydrogens (tertiary/aromatic N) is 2. The van der Waals surface area contributed by atoms with E-state index in [4.69, 9.17) is 0 Å². The van der Waals surface area contributed by atoms with Crippen molar-refractivity contribution >= 4 is 23.3 Å². The molecule has 1 amide bonds. The molecule has 3 rings (SSSR count). The summed E-state index contributed by atoms with van der Waals surface area (Å²) in [5.41, 5.74) is 4.86. The van der Waals surface area contributed by atoms with Crippen molar-refractivity contribution in [3.8, 4) is 0 Å². The standard InChI is InChI=1S/C14H15N3O.C7H5NO4/c15-13(9-11-5-2-1-3-6-11)14(18)17-12-7-4-8-16-10-12;9-7(10)5-3-1-2-4-6(5)8(11)12/h1-8,10,13H,9,15H2,(H,17,18);1-4H,(H,9,10)/t13-;/m0./s1. The van der Waals surface area contributed by atoms with Gasteiger partial charge in [-0.2, -0.15) is 0 Å². The second-order valence-corrected chi connectivity index (χ2v) is 6.18. The van der Waals surface area contributed by atoms with Crippen molar-refractivity contribution in [2.75, 3.05) is 5.32 Å². The van der Waals surface area contributed by atoms with Crippen molar-refractivity contribution in [2.24, 2.45) is 0 Å². The highest BCUT2D eigenvalue weighted by molar-refractivity contribution is 5.93. The number of hydrogen-bond acceptors (Lipinski definition) is 6. The Bertz CT molecular complexity index is 964. The molecule has 0 saturated carbocycles. The molecular weight excluding hydrogens is 388 g/mol. The number of rotatable bonds is 6. The third kappa shape index (κ3) is 6.80. The van der Waals surface area contributed by atoms with Crippen LogP contribution in [0, 0.1) is 10.1 Å². The van der Waals surface area contributed by atoms with Gasteiger partial charge in [-0.15, -0.1) is 0 Å². The molecule has 0 aliphatic carbocycles. The summed E-state index contributed by atoms with van der Waals surface area (Å²) < 4.78 is 0. The molecular formula is C21H20N4O5. The molecule has 1 heterocycles. The van der Waals surface area contributed by atoms with Crippen LogP contribution in [0.5, 0.6) is 0 Å². The Morgan fingerprint density at radius 2 is 1.70 bits per heavy atom. The van der Waals surface area contributed by atoms with Gasteiger partial charge in [-0.3, -0.25) is 19.9 Å². The quantitative estimate of drug-likeness (QED) is 0.455. The van der Waals surface area contributed by atoms with Crippen LogP contribution in [0.25, 0.3) is 0 Å². The molecule has 2 aromatic carbocycles. The van der Waals surface area contributed by atoms with Gasteiger partial charge in [-0.25, -0.2) is 0 Å². The van der Waals surface area contributed by atoms with E-state index in [1.807, 2.05) is 30.3 Å². The molecule has 1 aromatic heterocycles. The maximum atomic E-state index is 11.9. The zero-order chi connectivity index (χ0) is 21.9. The van der Waals surface area contributed by atoms with Crippen LogP contribution in [0.2, 0.25) is 0 Å². The van der Waals surface area contributed by atoms with Gasteiger partial charge in [-0.1, -0.05) is 42.5 Å². The number of aromatic nitrogens is 1. The third-order valence-corrected chi connectivity index (χ3v) is 3.95. The molecule has 0 aliphatic heterocycles. The van der Waals surface area contributed by atoms with E-state index in [1.54, 1.807) is 24.5 Å². The highest BCUT2D eigenvalue weighted by Gasteiger charge is 2.17. The van der Waals surface area contributed by atoms with E-state index in [-0.39, 0.29) is 11.9 Å². The molecule has 0 bridgehead atoms. The van der Waals surface area contributed by atoms with Crippen LogP contribution in [-0.2, 0) is 11.2 Å². The smallest absolute Gasteiger partial charge is 0.282 e. The largest absolute Gasteiger partial charge is 0.545 e. The van der Waals surface area contributed by atoms with Crippen LogP contribution < -0.4 is 16.2 Å². The zero-order valence-electron chi connectivity index (χ0n) is 15.9. The summed E-state index contributed by atoms with van der Waals surface area (Å²) in [7, 11) is 0. The van der Waals surface area contributed by atoms with Crippen molar-refractivity contribution in [3.63, 3.8) is 0 Å². The van der Waals surface area contributed by atoms with Crippen LogP contribution in [0.4, 0.5) is 11.4 Å². The number of hydrogen-bond donors (Lipinski definition) is 2. The first-order valence-corrected chi connectivity index (χ1v) is 8.91. The number of aromatic carboxylic acids is 1. The lowest BCUT2D eigenvalue weighted by atomic mass is 10.1. The molecule has 3 aromatic rings. The van der Waals surface area contributed by atoms with Gasteiger partial charge in [0.05, 0.1) is 28.3 Å². The van der Waals surface area contributed by atoms with Crippen molar-refractivity contribution in [1.82, 2.24) is 4.98 Å². The van der Waals surface area contributed by atoms with E-state index < -0.39 is 22.1 Å². The molecule has 30 heavy (non-hydrogen) atoms. The molecule has 0 radical (unpaired) electrons. The molecule has 0 fully saturated rings. The minimum Gasteiger partial charge on any atom is -0.545 e. The number of nitrogens with one attached hydrogen (secondary N) is 1. The molecule has 1 atom stereocenters. The predicted octanol–water partition coefficient (Wildman–Crippen LogP) is 0.832. The fourth-order valence-electron chi connectivity index (χ4n) is 2.48. The number of quaternary nitrogens is 1. The molecule has 9 heteroatoms. The minimum atomic E-state index is -1.54. The lowest BCUT2D eigenvalue weighted by Crippen LogP contribution is -2.67. The van der Waals surface area contributed by atoms with Crippen LogP contribution >= 0.6 is 0 Å². The van der Waals surface area contributed by atoms with Crippen molar-refractivity contribution < 1.29 is 25.4 Å². The Balaban J connectivity index is 0.000000232. The van der Waals surface area contributed by atoms with E-state index in [0.29, 0.717) is 12.1 Å². The normalized spacial score (nSPS) is 10.8. The SMILES string of the molecule is O=C([O-])c1ccccc1[N+](=O)[O-].[NH3+][C@@H](Cc1ccccc1)C(=O)Nc1cccnc1. The number of carbonyl (C=O) groups is 2. The van der Waals surface area contributed by atoms with E-state index >= 15 is 0 Å². The molecule has 0 aliphatic rings.